The molecule has 0 bridgehead atoms. The molecule has 4 rings (SSSR count). The van der Waals surface area contributed by atoms with Crippen LogP contribution >= 0.6 is 46.2 Å². The monoisotopic (exact) mass is 557 g/mol. The van der Waals surface area contributed by atoms with Crippen LogP contribution in [-0.4, -0.2) is 97.3 Å². The van der Waals surface area contributed by atoms with Gasteiger partial charge in [0, 0.05) is 37.5 Å². The molecule has 16 heteroatoms. The SMILES string of the molecule is CN(C)C(=O)Cc1nnc(SCC2(C(=O)O)CS[C@@H]3C(NC(=O)Cc4csc(N)n4)C(=O)N3C2)s1. The van der Waals surface area contributed by atoms with Gasteiger partial charge in [0.25, 0.3) is 0 Å². The number of carbonyl (C=O) groups excluding carboxylic acids is 3. The second kappa shape index (κ2) is 10.3. The summed E-state index contributed by atoms with van der Waals surface area (Å²) in [6, 6.07) is -0.692. The third-order valence-electron chi connectivity index (χ3n) is 5.55. The average molecular weight is 558 g/mol. The van der Waals surface area contributed by atoms with Crippen LogP contribution in [0.3, 0.4) is 0 Å². The van der Waals surface area contributed by atoms with Crippen molar-refractivity contribution in [3.05, 3.63) is 16.1 Å². The number of nitrogens with one attached hydrogen (secondary N) is 1. The van der Waals surface area contributed by atoms with Gasteiger partial charge in [-0.2, -0.15) is 0 Å². The molecular weight excluding hydrogens is 535 g/mol. The Balaban J connectivity index is 1.33. The molecule has 0 radical (unpaired) electrons. The quantitative estimate of drug-likeness (QED) is 0.280. The van der Waals surface area contributed by atoms with E-state index in [1.54, 1.807) is 19.5 Å². The van der Waals surface area contributed by atoms with Crippen molar-refractivity contribution in [2.24, 2.45) is 5.41 Å². The fourth-order valence-corrected chi connectivity index (χ4v) is 7.86. The van der Waals surface area contributed by atoms with Crippen LogP contribution in [0.5, 0.6) is 0 Å². The number of carboxylic acids is 1. The molecule has 2 aromatic heterocycles. The zero-order valence-corrected chi connectivity index (χ0v) is 22.1. The van der Waals surface area contributed by atoms with Crippen molar-refractivity contribution >= 4 is 75.0 Å². The first-order valence-corrected chi connectivity index (χ1v) is 14.1. The molecule has 2 aliphatic rings. The number of carbonyl (C=O) groups is 4. The first-order chi connectivity index (χ1) is 16.6. The Labute approximate surface area is 217 Å². The Morgan fingerprint density at radius 2 is 2.11 bits per heavy atom. The average Bonchev–Trinajstić information content (AvgIpc) is 3.43. The first-order valence-electron chi connectivity index (χ1n) is 10.4. The molecule has 2 aliphatic heterocycles. The number of aromatic nitrogens is 3. The van der Waals surface area contributed by atoms with E-state index in [2.05, 4.69) is 20.5 Å². The Kier molecular flexibility index (Phi) is 7.54. The number of thiazole rings is 1. The highest BCUT2D eigenvalue weighted by Crippen LogP contribution is 2.44. The lowest BCUT2D eigenvalue weighted by molar-refractivity contribution is -0.157. The number of nitrogens with two attached hydrogens (primary N) is 1. The normalized spacial score (nSPS) is 23.4. The molecule has 0 spiro atoms. The molecule has 0 aliphatic carbocycles. The minimum absolute atomic E-state index is 0.0224. The number of anilines is 1. The number of β-lactam (4-membered cyclic amide) rings is 1. The minimum atomic E-state index is -1.17. The lowest BCUT2D eigenvalue weighted by Crippen LogP contribution is -2.74. The van der Waals surface area contributed by atoms with Crippen LogP contribution in [0.1, 0.15) is 10.7 Å². The van der Waals surface area contributed by atoms with E-state index in [1.165, 1.54) is 56.0 Å². The number of amides is 3. The predicted molar refractivity (Wildman–Crippen MR) is 133 cm³/mol. The van der Waals surface area contributed by atoms with Crippen molar-refractivity contribution in [2.45, 2.75) is 28.6 Å². The van der Waals surface area contributed by atoms with Crippen molar-refractivity contribution < 1.29 is 24.3 Å². The van der Waals surface area contributed by atoms with Crippen molar-refractivity contribution in [1.82, 2.24) is 30.3 Å². The maximum Gasteiger partial charge on any atom is 0.313 e. The fraction of sp³-hybridized carbons (Fsp3) is 0.526. The van der Waals surface area contributed by atoms with Gasteiger partial charge in [-0.3, -0.25) is 19.2 Å². The summed E-state index contributed by atoms with van der Waals surface area (Å²) in [5, 5.41) is 23.2. The summed E-state index contributed by atoms with van der Waals surface area (Å²) in [5.41, 5.74) is 4.96. The molecule has 188 valence electrons. The summed E-state index contributed by atoms with van der Waals surface area (Å²) in [6.45, 7) is 0.0472. The van der Waals surface area contributed by atoms with Crippen LogP contribution in [0, 0.1) is 5.41 Å². The van der Waals surface area contributed by atoms with Crippen LogP contribution < -0.4 is 11.1 Å². The molecule has 4 heterocycles. The number of nitrogens with zero attached hydrogens (tertiary/aromatic N) is 5. The number of hydrogen-bond donors (Lipinski definition) is 3. The van der Waals surface area contributed by atoms with Gasteiger partial charge in [-0.15, -0.1) is 33.3 Å². The number of hydrogen-bond acceptors (Lipinski definition) is 12. The van der Waals surface area contributed by atoms with Crippen molar-refractivity contribution in [1.29, 1.82) is 0 Å². The largest absolute Gasteiger partial charge is 0.481 e. The van der Waals surface area contributed by atoms with Gasteiger partial charge in [0.15, 0.2) is 9.47 Å². The molecule has 2 fully saturated rings. The van der Waals surface area contributed by atoms with Crippen molar-refractivity contribution in [3.63, 3.8) is 0 Å². The summed E-state index contributed by atoms with van der Waals surface area (Å²) in [5.74, 6) is -1.25. The summed E-state index contributed by atoms with van der Waals surface area (Å²) in [7, 11) is 3.32. The van der Waals surface area contributed by atoms with Gasteiger partial charge in [0.1, 0.15) is 21.8 Å². The third kappa shape index (κ3) is 5.54. The zero-order chi connectivity index (χ0) is 25.3. The van der Waals surface area contributed by atoms with Crippen LogP contribution in [0.25, 0.3) is 0 Å². The molecular formula is C19H23N7O5S4. The zero-order valence-electron chi connectivity index (χ0n) is 18.8. The van der Waals surface area contributed by atoms with Gasteiger partial charge < -0.3 is 26.0 Å². The lowest BCUT2D eigenvalue weighted by atomic mass is 9.89. The molecule has 35 heavy (non-hydrogen) atoms. The second-order valence-corrected chi connectivity index (χ2v) is 12.6. The van der Waals surface area contributed by atoms with Crippen LogP contribution in [0.15, 0.2) is 9.72 Å². The second-order valence-electron chi connectivity index (χ2n) is 8.37. The summed E-state index contributed by atoms with van der Waals surface area (Å²) >= 11 is 5.10. The Bertz CT molecular complexity index is 1150. The highest BCUT2D eigenvalue weighted by Gasteiger charge is 2.57. The van der Waals surface area contributed by atoms with E-state index in [1.807, 2.05) is 0 Å². The molecule has 3 amide bonds. The van der Waals surface area contributed by atoms with Gasteiger partial charge in [0.05, 0.1) is 18.5 Å². The number of fused-ring (bicyclic) bond motifs is 1. The summed E-state index contributed by atoms with van der Waals surface area (Å²) in [4.78, 5) is 56.2. The van der Waals surface area contributed by atoms with E-state index in [0.29, 0.717) is 20.2 Å². The molecule has 0 aromatic carbocycles. The Hall–Kier alpha value is -2.43. The maximum absolute atomic E-state index is 12.7. The highest BCUT2D eigenvalue weighted by atomic mass is 32.2. The van der Waals surface area contributed by atoms with Crippen molar-refractivity contribution in [3.8, 4) is 0 Å². The number of likely N-dealkylation sites (N-methyl/N-ethyl adjacent to an activating group) is 1. The maximum atomic E-state index is 12.7. The molecule has 3 atom stereocenters. The van der Waals surface area contributed by atoms with E-state index in [9.17, 15) is 24.3 Å². The lowest BCUT2D eigenvalue weighted by Gasteiger charge is -2.53. The number of thioether (sulfide) groups is 2. The standard InChI is InChI=1S/C19H23N7O5S4/c1-25(2)12(28)4-11-23-24-18(35-11)34-8-19(16(30)31)6-26-14(29)13(15(26)33-7-19)22-10(27)3-9-5-32-17(20)21-9/h5,13,15H,3-4,6-8H2,1-2H3,(H2,20,21)(H,22,27)(H,30,31)/t13?,15-,19?/m1/s1. The summed E-state index contributed by atoms with van der Waals surface area (Å²) < 4.78 is 0.571. The smallest absolute Gasteiger partial charge is 0.313 e. The molecule has 2 aromatic rings. The van der Waals surface area contributed by atoms with Gasteiger partial charge in [-0.25, -0.2) is 4.98 Å². The molecule has 2 unspecified atom stereocenters. The van der Waals surface area contributed by atoms with E-state index in [-0.39, 0.29) is 54.0 Å². The first kappa shape index (κ1) is 25.7. The number of nitrogen functional groups attached to an aromatic ring is 1. The minimum Gasteiger partial charge on any atom is -0.481 e. The van der Waals surface area contributed by atoms with Crippen molar-refractivity contribution in [2.75, 3.05) is 37.9 Å². The molecule has 12 nitrogen and oxygen atoms in total. The number of aliphatic carboxylic acids is 1. The van der Waals surface area contributed by atoms with Gasteiger partial charge >= 0.3 is 5.97 Å². The van der Waals surface area contributed by atoms with E-state index in [4.69, 9.17) is 5.73 Å². The highest BCUT2D eigenvalue weighted by molar-refractivity contribution is 8.01. The topological polar surface area (TPSA) is 172 Å². The number of rotatable bonds is 9. The summed E-state index contributed by atoms with van der Waals surface area (Å²) in [6.07, 6.45) is 0.159. The van der Waals surface area contributed by atoms with E-state index >= 15 is 0 Å². The molecule has 2 saturated heterocycles. The predicted octanol–water partition coefficient (Wildman–Crippen LogP) is 0.0132. The van der Waals surface area contributed by atoms with E-state index in [0.717, 1.165) is 0 Å². The molecule has 4 N–H and O–H groups in total. The van der Waals surface area contributed by atoms with E-state index < -0.39 is 17.4 Å². The Morgan fingerprint density at radius 1 is 1.34 bits per heavy atom. The van der Waals surface area contributed by atoms with Crippen LogP contribution in [-0.2, 0) is 32.0 Å². The fourth-order valence-electron chi connectivity index (χ4n) is 3.55. The third-order valence-corrected chi connectivity index (χ3v) is 10.2. The number of carboxylic acid groups (broad SMARTS) is 1. The van der Waals surface area contributed by atoms with Crippen LogP contribution in [0.4, 0.5) is 5.13 Å². The van der Waals surface area contributed by atoms with Gasteiger partial charge in [0.2, 0.25) is 17.7 Å². The van der Waals surface area contributed by atoms with Gasteiger partial charge in [-0.1, -0.05) is 23.1 Å². The van der Waals surface area contributed by atoms with Crippen LogP contribution in [0.2, 0.25) is 0 Å². The Morgan fingerprint density at radius 3 is 2.77 bits per heavy atom. The van der Waals surface area contributed by atoms with Gasteiger partial charge in [-0.05, 0) is 0 Å². The molecule has 0 saturated carbocycles.